The van der Waals surface area contributed by atoms with Gasteiger partial charge in [-0.2, -0.15) is 0 Å². The molecule has 0 fully saturated rings. The molecule has 0 amide bonds. The van der Waals surface area contributed by atoms with Crippen molar-refractivity contribution in [1.29, 1.82) is 0 Å². The van der Waals surface area contributed by atoms with Gasteiger partial charge < -0.3 is 5.32 Å². The van der Waals surface area contributed by atoms with Gasteiger partial charge >= 0.3 is 0 Å². The molecule has 0 saturated heterocycles. The molecule has 0 aromatic heterocycles. The zero-order valence-corrected chi connectivity index (χ0v) is 12.3. The predicted molar refractivity (Wildman–Crippen MR) is 74.8 cm³/mol. The van der Waals surface area contributed by atoms with Gasteiger partial charge in [-0.1, -0.05) is 54.4 Å². The van der Waals surface area contributed by atoms with Gasteiger partial charge in [-0.25, -0.2) is 0 Å². The Bertz CT molecular complexity index is 152. The van der Waals surface area contributed by atoms with Crippen LogP contribution in [0.5, 0.6) is 0 Å². The van der Waals surface area contributed by atoms with Gasteiger partial charge in [-0.05, 0) is 37.1 Å². The van der Waals surface area contributed by atoms with E-state index in [0.717, 1.165) is 17.8 Å². The molecule has 0 rings (SSSR count). The molecule has 0 radical (unpaired) electrons. The van der Waals surface area contributed by atoms with Crippen LogP contribution in [-0.4, -0.2) is 12.6 Å². The van der Waals surface area contributed by atoms with Crippen molar-refractivity contribution < 1.29 is 0 Å². The lowest BCUT2D eigenvalue weighted by Crippen LogP contribution is -2.30. The zero-order valence-electron chi connectivity index (χ0n) is 12.3. The molecule has 0 saturated carbocycles. The minimum absolute atomic E-state index is 0.621. The standard InChI is InChI=1S/C15H33N/c1-7-8-14(6)10-15(9-12(2)3)11-16-13(4)5/h12-16H,7-11H2,1-6H3. The molecule has 2 atom stereocenters. The van der Waals surface area contributed by atoms with Crippen LogP contribution in [0.2, 0.25) is 0 Å². The average Bonchev–Trinajstić information content (AvgIpc) is 2.13. The largest absolute Gasteiger partial charge is 0.314 e. The van der Waals surface area contributed by atoms with Crippen LogP contribution in [0.15, 0.2) is 0 Å². The third kappa shape index (κ3) is 9.21. The average molecular weight is 227 g/mol. The Morgan fingerprint density at radius 2 is 1.56 bits per heavy atom. The lowest BCUT2D eigenvalue weighted by Gasteiger charge is -2.24. The summed E-state index contributed by atoms with van der Waals surface area (Å²) in [5, 5.41) is 3.60. The minimum Gasteiger partial charge on any atom is -0.314 e. The summed E-state index contributed by atoms with van der Waals surface area (Å²) in [7, 11) is 0. The van der Waals surface area contributed by atoms with Crippen molar-refractivity contribution in [3.63, 3.8) is 0 Å². The molecule has 0 aliphatic rings. The Labute approximate surface area is 103 Å². The lowest BCUT2D eigenvalue weighted by molar-refractivity contribution is 0.303. The van der Waals surface area contributed by atoms with Crippen molar-refractivity contribution >= 4 is 0 Å². The van der Waals surface area contributed by atoms with Gasteiger partial charge in [0.2, 0.25) is 0 Å². The molecule has 1 nitrogen and oxygen atoms in total. The van der Waals surface area contributed by atoms with Crippen LogP contribution in [0.1, 0.15) is 67.2 Å². The highest BCUT2D eigenvalue weighted by atomic mass is 14.9. The van der Waals surface area contributed by atoms with Crippen molar-refractivity contribution in [2.75, 3.05) is 6.54 Å². The number of hydrogen-bond acceptors (Lipinski definition) is 1. The molecule has 2 unspecified atom stereocenters. The van der Waals surface area contributed by atoms with Crippen LogP contribution in [0.4, 0.5) is 0 Å². The van der Waals surface area contributed by atoms with Gasteiger partial charge in [0.1, 0.15) is 0 Å². The molecule has 0 spiro atoms. The van der Waals surface area contributed by atoms with E-state index in [1.54, 1.807) is 0 Å². The second kappa shape index (κ2) is 9.04. The van der Waals surface area contributed by atoms with E-state index in [0.29, 0.717) is 6.04 Å². The highest BCUT2D eigenvalue weighted by Gasteiger charge is 2.14. The summed E-state index contributed by atoms with van der Waals surface area (Å²) in [5.41, 5.74) is 0. The first kappa shape index (κ1) is 16.0. The summed E-state index contributed by atoms with van der Waals surface area (Å²) in [6, 6.07) is 0.621. The molecular weight excluding hydrogens is 194 g/mol. The van der Waals surface area contributed by atoms with Crippen molar-refractivity contribution in [1.82, 2.24) is 5.32 Å². The molecule has 1 N–H and O–H groups in total. The maximum atomic E-state index is 3.60. The van der Waals surface area contributed by atoms with Crippen molar-refractivity contribution in [2.24, 2.45) is 17.8 Å². The molecule has 0 aromatic carbocycles. The third-order valence-corrected chi connectivity index (χ3v) is 3.14. The van der Waals surface area contributed by atoms with E-state index in [4.69, 9.17) is 0 Å². The Balaban J connectivity index is 3.98. The van der Waals surface area contributed by atoms with Gasteiger partial charge in [0, 0.05) is 6.04 Å². The fourth-order valence-electron chi connectivity index (χ4n) is 2.51. The summed E-state index contributed by atoms with van der Waals surface area (Å²) in [5.74, 6) is 2.58. The van der Waals surface area contributed by atoms with Crippen LogP contribution in [0, 0.1) is 17.8 Å². The molecule has 0 aliphatic carbocycles. The topological polar surface area (TPSA) is 12.0 Å². The van der Waals surface area contributed by atoms with E-state index in [1.165, 1.54) is 32.2 Å². The van der Waals surface area contributed by atoms with E-state index in [9.17, 15) is 0 Å². The van der Waals surface area contributed by atoms with Crippen LogP contribution < -0.4 is 5.32 Å². The maximum absolute atomic E-state index is 3.60. The van der Waals surface area contributed by atoms with Gasteiger partial charge in [-0.15, -0.1) is 0 Å². The van der Waals surface area contributed by atoms with Gasteiger partial charge in [0.15, 0.2) is 0 Å². The molecule has 16 heavy (non-hydrogen) atoms. The summed E-state index contributed by atoms with van der Waals surface area (Å²) in [4.78, 5) is 0. The molecule has 0 aliphatic heterocycles. The minimum atomic E-state index is 0.621. The molecule has 1 heteroatoms. The van der Waals surface area contributed by atoms with E-state index in [-0.39, 0.29) is 0 Å². The van der Waals surface area contributed by atoms with E-state index < -0.39 is 0 Å². The smallest absolute Gasteiger partial charge is 0.00104 e. The fourth-order valence-corrected chi connectivity index (χ4v) is 2.51. The van der Waals surface area contributed by atoms with Gasteiger partial charge in [0.25, 0.3) is 0 Å². The van der Waals surface area contributed by atoms with Crippen molar-refractivity contribution in [3.8, 4) is 0 Å². The van der Waals surface area contributed by atoms with Gasteiger partial charge in [-0.3, -0.25) is 0 Å². The number of rotatable bonds is 9. The molecule has 0 heterocycles. The van der Waals surface area contributed by atoms with Crippen molar-refractivity contribution in [3.05, 3.63) is 0 Å². The molecule has 98 valence electrons. The SMILES string of the molecule is CCCC(C)CC(CNC(C)C)CC(C)C. The summed E-state index contributed by atoms with van der Waals surface area (Å²) in [6.07, 6.45) is 5.48. The van der Waals surface area contributed by atoms with Crippen molar-refractivity contribution in [2.45, 2.75) is 73.3 Å². The van der Waals surface area contributed by atoms with E-state index in [2.05, 4.69) is 46.9 Å². The van der Waals surface area contributed by atoms with E-state index in [1.807, 2.05) is 0 Å². The first-order valence-corrected chi connectivity index (χ1v) is 7.19. The monoisotopic (exact) mass is 227 g/mol. The van der Waals surface area contributed by atoms with Crippen LogP contribution in [0.3, 0.4) is 0 Å². The normalized spacial score (nSPS) is 15.8. The summed E-state index contributed by atoms with van der Waals surface area (Å²) in [6.45, 7) is 15.1. The fraction of sp³-hybridized carbons (Fsp3) is 1.00. The maximum Gasteiger partial charge on any atom is 0.00104 e. The van der Waals surface area contributed by atoms with Crippen LogP contribution in [0.25, 0.3) is 0 Å². The second-order valence-corrected chi connectivity index (χ2v) is 6.19. The Morgan fingerprint density at radius 1 is 0.938 bits per heavy atom. The van der Waals surface area contributed by atoms with Crippen LogP contribution >= 0.6 is 0 Å². The van der Waals surface area contributed by atoms with Gasteiger partial charge in [0.05, 0.1) is 0 Å². The molecule has 0 bridgehead atoms. The summed E-state index contributed by atoms with van der Waals surface area (Å²) >= 11 is 0. The second-order valence-electron chi connectivity index (χ2n) is 6.19. The lowest BCUT2D eigenvalue weighted by atomic mass is 9.87. The van der Waals surface area contributed by atoms with Crippen LogP contribution in [-0.2, 0) is 0 Å². The first-order chi connectivity index (χ1) is 7.45. The highest BCUT2D eigenvalue weighted by molar-refractivity contribution is 4.69. The zero-order chi connectivity index (χ0) is 12.6. The Morgan fingerprint density at radius 3 is 2.00 bits per heavy atom. The quantitative estimate of drug-likeness (QED) is 0.612. The molecule has 0 aromatic rings. The first-order valence-electron chi connectivity index (χ1n) is 7.19. The third-order valence-electron chi connectivity index (χ3n) is 3.14. The highest BCUT2D eigenvalue weighted by Crippen LogP contribution is 2.22. The Hall–Kier alpha value is -0.0400. The predicted octanol–water partition coefficient (Wildman–Crippen LogP) is 4.47. The number of hydrogen-bond donors (Lipinski definition) is 1. The summed E-state index contributed by atoms with van der Waals surface area (Å²) < 4.78 is 0. The molecular formula is C15H33N. The number of nitrogens with one attached hydrogen (secondary N) is 1. The Kier molecular flexibility index (Phi) is 9.02. The van der Waals surface area contributed by atoms with E-state index >= 15 is 0 Å².